The summed E-state index contributed by atoms with van der Waals surface area (Å²) in [6, 6.07) is 2.64. The smallest absolute Gasteiger partial charge is 0.340 e. The van der Waals surface area contributed by atoms with E-state index in [2.05, 4.69) is 29.6 Å². The highest BCUT2D eigenvalue weighted by Crippen LogP contribution is 2.22. The van der Waals surface area contributed by atoms with Gasteiger partial charge >= 0.3 is 5.97 Å². The Bertz CT molecular complexity index is 682. The molecule has 0 unspecified atom stereocenters. The number of imidazole rings is 1. The maximum absolute atomic E-state index is 11.9. The van der Waals surface area contributed by atoms with Crippen LogP contribution in [0.5, 0.6) is 0 Å². The van der Waals surface area contributed by atoms with E-state index in [-0.39, 0.29) is 12.0 Å². The van der Waals surface area contributed by atoms with E-state index >= 15 is 0 Å². The van der Waals surface area contributed by atoms with E-state index < -0.39 is 14.0 Å². The van der Waals surface area contributed by atoms with Gasteiger partial charge in [-0.15, -0.1) is 0 Å². The quantitative estimate of drug-likeness (QED) is 0.458. The molecule has 2 heterocycles. The van der Waals surface area contributed by atoms with Gasteiger partial charge in [0.15, 0.2) is 5.65 Å². The molecule has 0 aromatic carbocycles. The molecule has 0 aliphatic heterocycles. The molecule has 2 rings (SSSR count). The van der Waals surface area contributed by atoms with Gasteiger partial charge < -0.3 is 9.47 Å². The first-order chi connectivity index (χ1) is 10.3. The number of hydrogen-bond acceptors (Lipinski definition) is 5. The Hall–Kier alpha value is -1.44. The van der Waals surface area contributed by atoms with Gasteiger partial charge in [-0.3, -0.25) is 4.57 Å². The number of aromatic nitrogens is 3. The first-order valence-corrected chi connectivity index (χ1v) is 11.1. The molecule has 0 spiro atoms. The maximum atomic E-state index is 11.9. The van der Waals surface area contributed by atoms with Gasteiger partial charge in [-0.1, -0.05) is 19.6 Å². The zero-order valence-corrected chi connectivity index (χ0v) is 15.0. The summed E-state index contributed by atoms with van der Waals surface area (Å²) in [5.74, 6) is -0.452. The highest BCUT2D eigenvalue weighted by atomic mass is 35.5. The number of nitrogens with zero attached hydrogens (tertiary/aromatic N) is 3. The number of hydrogen-bond donors (Lipinski definition) is 0. The molecule has 0 radical (unpaired) electrons. The number of carbonyl (C=O) groups excluding carboxylic acids is 1. The van der Waals surface area contributed by atoms with Gasteiger partial charge in [0.1, 0.15) is 12.2 Å². The first-order valence-electron chi connectivity index (χ1n) is 7.00. The Morgan fingerprint density at radius 2 is 2.14 bits per heavy atom. The van der Waals surface area contributed by atoms with Gasteiger partial charge in [0.25, 0.3) is 0 Å². The highest BCUT2D eigenvalue weighted by Gasteiger charge is 2.19. The second kappa shape index (κ2) is 6.76. The van der Waals surface area contributed by atoms with Crippen molar-refractivity contribution in [3.05, 3.63) is 23.1 Å². The van der Waals surface area contributed by atoms with Crippen LogP contribution in [0.4, 0.5) is 0 Å². The number of esters is 1. The van der Waals surface area contributed by atoms with Crippen molar-refractivity contribution < 1.29 is 14.3 Å². The van der Waals surface area contributed by atoms with Crippen LogP contribution >= 0.6 is 11.6 Å². The minimum Gasteiger partial charge on any atom is -0.465 e. The van der Waals surface area contributed by atoms with Gasteiger partial charge in [0.2, 0.25) is 5.28 Å². The molecular formula is C14H20ClN3O3Si. The van der Waals surface area contributed by atoms with Crippen molar-refractivity contribution in [2.75, 3.05) is 13.7 Å². The van der Waals surface area contributed by atoms with Crippen LogP contribution in [0, 0.1) is 0 Å². The standard InChI is InChI=1S/C14H20ClN3O3Si/c1-20-13(19)10-5-6-16-12-11(10)18(14(15)17-12)9-21-7-8-22(2,3)4/h5-6H,7-9H2,1-4H3. The molecular weight excluding hydrogens is 322 g/mol. The Morgan fingerprint density at radius 1 is 1.41 bits per heavy atom. The van der Waals surface area contributed by atoms with Gasteiger partial charge in [0.05, 0.1) is 12.7 Å². The number of rotatable bonds is 6. The lowest BCUT2D eigenvalue weighted by atomic mass is 10.2. The normalized spacial score (nSPS) is 11.9. The van der Waals surface area contributed by atoms with Crippen molar-refractivity contribution >= 4 is 36.8 Å². The van der Waals surface area contributed by atoms with Crippen LogP contribution in [-0.2, 0) is 16.2 Å². The number of halogens is 1. The Kier molecular flexibility index (Phi) is 5.20. The molecule has 0 aliphatic rings. The lowest BCUT2D eigenvalue weighted by molar-refractivity contribution is 0.0600. The molecule has 2 aromatic heterocycles. The van der Waals surface area contributed by atoms with Crippen LogP contribution in [-0.4, -0.2) is 42.3 Å². The molecule has 22 heavy (non-hydrogen) atoms. The fraction of sp³-hybridized carbons (Fsp3) is 0.500. The number of fused-ring (bicyclic) bond motifs is 1. The zero-order valence-electron chi connectivity index (χ0n) is 13.2. The van der Waals surface area contributed by atoms with Crippen molar-refractivity contribution in [2.45, 2.75) is 32.4 Å². The third-order valence-electron chi connectivity index (χ3n) is 3.22. The lowest BCUT2D eigenvalue weighted by Crippen LogP contribution is -2.22. The van der Waals surface area contributed by atoms with Crippen LogP contribution in [0.1, 0.15) is 10.4 Å². The SMILES string of the molecule is COC(=O)c1ccnc2nc(Cl)n(COCC[Si](C)(C)C)c12. The summed E-state index contributed by atoms with van der Waals surface area (Å²) in [4.78, 5) is 20.2. The van der Waals surface area contributed by atoms with E-state index in [0.29, 0.717) is 23.3 Å². The predicted octanol–water partition coefficient (Wildman–Crippen LogP) is 3.18. The summed E-state index contributed by atoms with van der Waals surface area (Å²) in [6.45, 7) is 7.74. The van der Waals surface area contributed by atoms with E-state index in [1.165, 1.54) is 13.3 Å². The maximum Gasteiger partial charge on any atom is 0.340 e. The Morgan fingerprint density at radius 3 is 2.77 bits per heavy atom. The van der Waals surface area contributed by atoms with E-state index in [1.54, 1.807) is 10.6 Å². The summed E-state index contributed by atoms with van der Waals surface area (Å²) < 4.78 is 12.1. The van der Waals surface area contributed by atoms with E-state index in [4.69, 9.17) is 21.1 Å². The van der Waals surface area contributed by atoms with E-state index in [1.807, 2.05) is 0 Å². The molecule has 6 nitrogen and oxygen atoms in total. The molecule has 0 amide bonds. The van der Waals surface area contributed by atoms with Crippen LogP contribution in [0.25, 0.3) is 11.2 Å². The van der Waals surface area contributed by atoms with Crippen molar-refractivity contribution in [3.63, 3.8) is 0 Å². The summed E-state index contributed by atoms with van der Waals surface area (Å²) in [5.41, 5.74) is 1.31. The fourth-order valence-electron chi connectivity index (χ4n) is 1.96. The number of pyridine rings is 1. The molecule has 8 heteroatoms. The average molecular weight is 342 g/mol. The fourth-order valence-corrected chi connectivity index (χ4v) is 2.93. The lowest BCUT2D eigenvalue weighted by Gasteiger charge is -2.16. The van der Waals surface area contributed by atoms with Crippen molar-refractivity contribution in [2.24, 2.45) is 0 Å². The van der Waals surface area contributed by atoms with Crippen molar-refractivity contribution in [3.8, 4) is 0 Å². The van der Waals surface area contributed by atoms with Crippen LogP contribution in [0.2, 0.25) is 31.0 Å². The van der Waals surface area contributed by atoms with Gasteiger partial charge in [-0.25, -0.2) is 9.78 Å². The number of carbonyl (C=O) groups is 1. The second-order valence-corrected chi connectivity index (χ2v) is 12.1. The topological polar surface area (TPSA) is 66.2 Å². The molecule has 0 atom stereocenters. The Labute approximate surface area is 135 Å². The van der Waals surface area contributed by atoms with Crippen LogP contribution < -0.4 is 0 Å². The summed E-state index contributed by atoms with van der Waals surface area (Å²) in [6.07, 6.45) is 1.51. The third kappa shape index (κ3) is 3.85. The molecule has 0 N–H and O–H groups in total. The molecule has 0 saturated carbocycles. The monoisotopic (exact) mass is 341 g/mol. The molecule has 0 aliphatic carbocycles. The molecule has 0 fully saturated rings. The molecule has 0 saturated heterocycles. The summed E-state index contributed by atoms with van der Waals surface area (Å²) in [5, 5.41) is 0.242. The van der Waals surface area contributed by atoms with Gasteiger partial charge in [-0.2, -0.15) is 4.98 Å². The summed E-state index contributed by atoms with van der Waals surface area (Å²) in [7, 11) is 0.184. The predicted molar refractivity (Wildman–Crippen MR) is 88.0 cm³/mol. The molecule has 120 valence electrons. The largest absolute Gasteiger partial charge is 0.465 e. The van der Waals surface area contributed by atoms with Gasteiger partial charge in [0, 0.05) is 20.9 Å². The minimum absolute atomic E-state index is 0.232. The van der Waals surface area contributed by atoms with Crippen molar-refractivity contribution in [1.29, 1.82) is 0 Å². The second-order valence-electron chi connectivity index (χ2n) is 6.18. The zero-order chi connectivity index (χ0) is 16.3. The first kappa shape index (κ1) is 16.9. The van der Waals surface area contributed by atoms with Gasteiger partial charge in [-0.05, 0) is 23.7 Å². The third-order valence-corrected chi connectivity index (χ3v) is 5.21. The highest BCUT2D eigenvalue weighted by molar-refractivity contribution is 6.76. The van der Waals surface area contributed by atoms with Crippen LogP contribution in [0.15, 0.2) is 12.3 Å². The van der Waals surface area contributed by atoms with E-state index in [9.17, 15) is 4.79 Å². The van der Waals surface area contributed by atoms with Crippen molar-refractivity contribution in [1.82, 2.24) is 14.5 Å². The molecule has 2 aromatic rings. The Balaban J connectivity index is 2.25. The molecule has 0 bridgehead atoms. The minimum atomic E-state index is -1.15. The number of ether oxygens (including phenoxy) is 2. The number of methoxy groups -OCH3 is 1. The van der Waals surface area contributed by atoms with Crippen LogP contribution in [0.3, 0.4) is 0 Å². The summed E-state index contributed by atoms with van der Waals surface area (Å²) >= 11 is 6.14. The van der Waals surface area contributed by atoms with E-state index in [0.717, 1.165) is 6.04 Å². The average Bonchev–Trinajstić information content (AvgIpc) is 2.77.